The van der Waals surface area contributed by atoms with Crippen LogP contribution in [-0.2, 0) is 19.5 Å². The molecule has 0 aliphatic rings. The van der Waals surface area contributed by atoms with E-state index < -0.39 is 5.82 Å². The third kappa shape index (κ3) is 2.59. The number of hydrogen-bond acceptors (Lipinski definition) is 2. The minimum absolute atomic E-state index is 0.197. The summed E-state index contributed by atoms with van der Waals surface area (Å²) >= 11 is 5.82. The molecule has 3 aromatic rings. The summed E-state index contributed by atoms with van der Waals surface area (Å²) in [4.78, 5) is 0. The van der Waals surface area contributed by atoms with Crippen LogP contribution >= 0.6 is 11.6 Å². The van der Waals surface area contributed by atoms with Gasteiger partial charge in [0.05, 0.1) is 11.4 Å². The molecule has 21 heavy (non-hydrogen) atoms. The number of benzene rings is 2. The summed E-state index contributed by atoms with van der Waals surface area (Å²) in [6.07, 6.45) is 0. The Balaban J connectivity index is 1.91. The standard InChI is InChI=1S/C16H14ClFN2O/c1-20-15-8-3-2-6-12(15)14(19-20)10-21-16-11(9-17)5-4-7-13(16)18/h2-8H,9-10H2,1H3. The van der Waals surface area contributed by atoms with E-state index in [-0.39, 0.29) is 18.2 Å². The number of alkyl halides is 1. The van der Waals surface area contributed by atoms with Crippen molar-refractivity contribution in [3.05, 3.63) is 59.5 Å². The van der Waals surface area contributed by atoms with Crippen molar-refractivity contribution < 1.29 is 9.13 Å². The van der Waals surface area contributed by atoms with E-state index in [1.807, 2.05) is 31.3 Å². The maximum atomic E-state index is 13.8. The first kappa shape index (κ1) is 13.9. The lowest BCUT2D eigenvalue weighted by molar-refractivity contribution is 0.283. The molecular weight excluding hydrogens is 291 g/mol. The van der Waals surface area contributed by atoms with Gasteiger partial charge in [-0.15, -0.1) is 11.6 Å². The summed E-state index contributed by atoms with van der Waals surface area (Å²) in [7, 11) is 1.87. The Kier molecular flexibility index (Phi) is 3.80. The van der Waals surface area contributed by atoms with Crippen LogP contribution in [0, 0.1) is 5.82 Å². The Labute approximate surface area is 126 Å². The predicted molar refractivity (Wildman–Crippen MR) is 81.0 cm³/mol. The second-order valence-corrected chi connectivity index (χ2v) is 5.01. The summed E-state index contributed by atoms with van der Waals surface area (Å²) in [5.74, 6) is -0.00796. The van der Waals surface area contributed by atoms with E-state index in [2.05, 4.69) is 5.10 Å². The molecule has 0 N–H and O–H groups in total. The first-order valence-electron chi connectivity index (χ1n) is 6.57. The van der Waals surface area contributed by atoms with Crippen LogP contribution in [0.2, 0.25) is 0 Å². The van der Waals surface area contributed by atoms with E-state index in [0.717, 1.165) is 16.6 Å². The number of hydrogen-bond donors (Lipinski definition) is 0. The van der Waals surface area contributed by atoms with Crippen LogP contribution in [0.5, 0.6) is 5.75 Å². The summed E-state index contributed by atoms with van der Waals surface area (Å²) in [6.45, 7) is 0.201. The molecular formula is C16H14ClFN2O. The van der Waals surface area contributed by atoms with Gasteiger partial charge in [0.2, 0.25) is 0 Å². The molecule has 108 valence electrons. The molecule has 0 fully saturated rings. The first-order valence-corrected chi connectivity index (χ1v) is 7.11. The fourth-order valence-corrected chi connectivity index (χ4v) is 2.57. The highest BCUT2D eigenvalue weighted by molar-refractivity contribution is 6.17. The third-order valence-corrected chi connectivity index (χ3v) is 3.67. The zero-order valence-corrected chi connectivity index (χ0v) is 12.3. The van der Waals surface area contributed by atoms with Crippen LogP contribution in [0.4, 0.5) is 4.39 Å². The SMILES string of the molecule is Cn1nc(COc2c(F)cccc2CCl)c2ccccc21. The number of fused-ring (bicyclic) bond motifs is 1. The van der Waals surface area contributed by atoms with E-state index in [9.17, 15) is 4.39 Å². The molecule has 0 amide bonds. The number of ether oxygens (including phenoxy) is 1. The molecule has 0 atom stereocenters. The first-order chi connectivity index (χ1) is 10.2. The van der Waals surface area contributed by atoms with E-state index in [1.54, 1.807) is 16.8 Å². The van der Waals surface area contributed by atoms with Crippen molar-refractivity contribution in [2.24, 2.45) is 7.05 Å². The molecule has 5 heteroatoms. The molecule has 1 aromatic heterocycles. The fraction of sp³-hybridized carbons (Fsp3) is 0.188. The molecule has 0 bridgehead atoms. The van der Waals surface area contributed by atoms with Gasteiger partial charge < -0.3 is 4.74 Å². The Morgan fingerprint density at radius 2 is 2.00 bits per heavy atom. The summed E-state index contributed by atoms with van der Waals surface area (Å²) in [5, 5.41) is 5.43. The lowest BCUT2D eigenvalue weighted by Gasteiger charge is -2.09. The minimum atomic E-state index is -0.409. The van der Waals surface area contributed by atoms with E-state index in [1.165, 1.54) is 6.07 Å². The molecule has 0 saturated heterocycles. The number of para-hydroxylation sites is 2. The average molecular weight is 305 g/mol. The third-order valence-electron chi connectivity index (χ3n) is 3.38. The monoisotopic (exact) mass is 304 g/mol. The van der Waals surface area contributed by atoms with E-state index in [0.29, 0.717) is 5.56 Å². The molecule has 1 heterocycles. The molecule has 3 nitrogen and oxygen atoms in total. The zero-order valence-electron chi connectivity index (χ0n) is 11.5. The highest BCUT2D eigenvalue weighted by atomic mass is 35.5. The van der Waals surface area contributed by atoms with Crippen molar-refractivity contribution in [1.82, 2.24) is 9.78 Å². The van der Waals surface area contributed by atoms with Crippen LogP contribution in [0.3, 0.4) is 0 Å². The molecule has 0 aliphatic heterocycles. The van der Waals surface area contributed by atoms with Gasteiger partial charge in [0.25, 0.3) is 0 Å². The number of nitrogens with zero attached hydrogens (tertiary/aromatic N) is 2. The number of aryl methyl sites for hydroxylation is 1. The van der Waals surface area contributed by atoms with Gasteiger partial charge in [-0.1, -0.05) is 30.3 Å². The highest BCUT2D eigenvalue weighted by Gasteiger charge is 2.12. The molecule has 0 unspecified atom stereocenters. The van der Waals surface area contributed by atoms with E-state index >= 15 is 0 Å². The van der Waals surface area contributed by atoms with Gasteiger partial charge >= 0.3 is 0 Å². The predicted octanol–water partition coefficient (Wildman–Crippen LogP) is 4.03. The van der Waals surface area contributed by atoms with Gasteiger partial charge in [0.15, 0.2) is 11.6 Å². The van der Waals surface area contributed by atoms with Gasteiger partial charge in [-0.2, -0.15) is 5.10 Å². The lowest BCUT2D eigenvalue weighted by atomic mass is 10.2. The van der Waals surface area contributed by atoms with Crippen LogP contribution in [0.1, 0.15) is 11.3 Å². The fourth-order valence-electron chi connectivity index (χ4n) is 2.36. The quantitative estimate of drug-likeness (QED) is 0.680. The van der Waals surface area contributed by atoms with Crippen LogP contribution < -0.4 is 4.74 Å². The Bertz CT molecular complexity index is 785. The van der Waals surface area contributed by atoms with Crippen molar-refractivity contribution in [2.45, 2.75) is 12.5 Å². The number of aromatic nitrogens is 2. The van der Waals surface area contributed by atoms with Crippen molar-refractivity contribution >= 4 is 22.5 Å². The second-order valence-electron chi connectivity index (χ2n) is 4.74. The topological polar surface area (TPSA) is 27.1 Å². The lowest BCUT2D eigenvalue weighted by Crippen LogP contribution is -2.02. The highest BCUT2D eigenvalue weighted by Crippen LogP contribution is 2.26. The van der Waals surface area contributed by atoms with Crippen molar-refractivity contribution in [2.75, 3.05) is 0 Å². The van der Waals surface area contributed by atoms with Gasteiger partial charge in [0, 0.05) is 18.0 Å². The van der Waals surface area contributed by atoms with Gasteiger partial charge in [-0.25, -0.2) is 4.39 Å². The number of rotatable bonds is 4. The Morgan fingerprint density at radius 1 is 1.19 bits per heavy atom. The van der Waals surface area contributed by atoms with Gasteiger partial charge in [-0.05, 0) is 12.1 Å². The molecule has 2 aromatic carbocycles. The second kappa shape index (κ2) is 5.74. The molecule has 0 aliphatic carbocycles. The molecule has 0 spiro atoms. The summed E-state index contributed by atoms with van der Waals surface area (Å²) in [5.41, 5.74) is 2.43. The number of halogens is 2. The minimum Gasteiger partial charge on any atom is -0.484 e. The molecule has 0 radical (unpaired) electrons. The van der Waals surface area contributed by atoms with Crippen LogP contribution in [-0.4, -0.2) is 9.78 Å². The maximum absolute atomic E-state index is 13.8. The summed E-state index contributed by atoms with van der Waals surface area (Å²) < 4.78 is 21.3. The zero-order chi connectivity index (χ0) is 14.8. The van der Waals surface area contributed by atoms with Gasteiger partial charge in [0.1, 0.15) is 12.3 Å². The van der Waals surface area contributed by atoms with Crippen molar-refractivity contribution in [1.29, 1.82) is 0 Å². The van der Waals surface area contributed by atoms with Crippen molar-refractivity contribution in [3.8, 4) is 5.75 Å². The smallest absolute Gasteiger partial charge is 0.165 e. The van der Waals surface area contributed by atoms with Crippen LogP contribution in [0.25, 0.3) is 10.9 Å². The van der Waals surface area contributed by atoms with E-state index in [4.69, 9.17) is 16.3 Å². The Hall–Kier alpha value is -2.07. The van der Waals surface area contributed by atoms with Gasteiger partial charge in [-0.3, -0.25) is 4.68 Å². The molecule has 0 saturated carbocycles. The molecule has 3 rings (SSSR count). The maximum Gasteiger partial charge on any atom is 0.165 e. The average Bonchev–Trinajstić information content (AvgIpc) is 2.83. The largest absolute Gasteiger partial charge is 0.484 e. The Morgan fingerprint density at radius 3 is 2.81 bits per heavy atom. The normalized spacial score (nSPS) is 11.0. The summed E-state index contributed by atoms with van der Waals surface area (Å²) in [6, 6.07) is 12.6. The van der Waals surface area contributed by atoms with Crippen LogP contribution in [0.15, 0.2) is 42.5 Å². The van der Waals surface area contributed by atoms with Crippen molar-refractivity contribution in [3.63, 3.8) is 0 Å².